The van der Waals surface area contributed by atoms with Crippen molar-refractivity contribution in [2.24, 2.45) is 0 Å². The first-order valence-corrected chi connectivity index (χ1v) is 8.26. The van der Waals surface area contributed by atoms with Crippen LogP contribution in [0.25, 0.3) is 0 Å². The zero-order valence-corrected chi connectivity index (χ0v) is 14.6. The van der Waals surface area contributed by atoms with Crippen LogP contribution in [0.15, 0.2) is 18.2 Å². The van der Waals surface area contributed by atoms with Gasteiger partial charge in [-0.15, -0.1) is 0 Å². The Balaban J connectivity index is 1.96. The molecule has 1 aliphatic heterocycles. The number of aliphatic hydroxyl groups is 1. The first kappa shape index (κ1) is 18.3. The Labute approximate surface area is 143 Å². The Morgan fingerprint density at radius 1 is 1.42 bits per heavy atom. The predicted octanol–water partition coefficient (Wildman–Crippen LogP) is 1.34. The predicted molar refractivity (Wildman–Crippen MR) is 90.6 cm³/mol. The number of carbonyl (C=O) groups excluding carboxylic acids is 2. The average molecular weight is 334 g/mol. The summed E-state index contributed by atoms with van der Waals surface area (Å²) < 4.78 is 5.24. The van der Waals surface area contributed by atoms with E-state index in [1.807, 2.05) is 25.1 Å². The second-order valence-electron chi connectivity index (χ2n) is 6.33. The van der Waals surface area contributed by atoms with Gasteiger partial charge in [-0.05, 0) is 43.4 Å². The summed E-state index contributed by atoms with van der Waals surface area (Å²) in [6, 6.07) is 5.80. The van der Waals surface area contributed by atoms with Gasteiger partial charge >= 0.3 is 0 Å². The Morgan fingerprint density at radius 3 is 2.83 bits per heavy atom. The van der Waals surface area contributed by atoms with Crippen LogP contribution in [0.3, 0.4) is 0 Å². The maximum atomic E-state index is 12.4. The van der Waals surface area contributed by atoms with Crippen LogP contribution < -0.4 is 4.74 Å². The van der Waals surface area contributed by atoms with Crippen molar-refractivity contribution in [2.45, 2.75) is 38.8 Å². The van der Waals surface area contributed by atoms with Crippen molar-refractivity contribution in [3.63, 3.8) is 0 Å². The molecule has 1 atom stereocenters. The molecule has 24 heavy (non-hydrogen) atoms. The van der Waals surface area contributed by atoms with E-state index in [0.717, 1.165) is 29.7 Å². The fourth-order valence-corrected chi connectivity index (χ4v) is 2.93. The molecule has 1 saturated heterocycles. The van der Waals surface area contributed by atoms with Crippen LogP contribution >= 0.6 is 0 Å². The molecule has 6 nitrogen and oxygen atoms in total. The van der Waals surface area contributed by atoms with E-state index in [2.05, 4.69) is 0 Å². The fourth-order valence-electron chi connectivity index (χ4n) is 2.93. The van der Waals surface area contributed by atoms with Crippen molar-refractivity contribution < 1.29 is 19.4 Å². The number of hydrogen-bond donors (Lipinski definition) is 1. The molecule has 1 aromatic rings. The van der Waals surface area contributed by atoms with Crippen LogP contribution in [-0.4, -0.2) is 60.1 Å². The lowest BCUT2D eigenvalue weighted by atomic mass is 10.1. The minimum absolute atomic E-state index is 0.0154. The molecule has 0 radical (unpaired) electrons. The van der Waals surface area contributed by atoms with Gasteiger partial charge in [-0.25, -0.2) is 0 Å². The molecule has 132 valence electrons. The summed E-state index contributed by atoms with van der Waals surface area (Å²) in [7, 11) is 3.35. The van der Waals surface area contributed by atoms with Gasteiger partial charge in [0.2, 0.25) is 5.91 Å². The monoisotopic (exact) mass is 334 g/mol. The number of aryl methyl sites for hydroxylation is 1. The van der Waals surface area contributed by atoms with E-state index in [4.69, 9.17) is 4.74 Å². The zero-order chi connectivity index (χ0) is 17.7. The van der Waals surface area contributed by atoms with E-state index >= 15 is 0 Å². The first-order valence-electron chi connectivity index (χ1n) is 8.26. The number of likely N-dealkylation sites (tertiary alicyclic amines) is 1. The minimum atomic E-state index is -0.977. The normalized spacial score (nSPS) is 18.2. The molecule has 2 amide bonds. The number of benzene rings is 1. The summed E-state index contributed by atoms with van der Waals surface area (Å²) >= 11 is 0. The van der Waals surface area contributed by atoms with Gasteiger partial charge in [0.05, 0.1) is 13.7 Å². The number of aliphatic hydroxyl groups excluding tert-OH is 1. The molecular weight excluding hydrogens is 308 g/mol. The highest BCUT2D eigenvalue weighted by Crippen LogP contribution is 2.19. The molecule has 1 N–H and O–H groups in total. The summed E-state index contributed by atoms with van der Waals surface area (Å²) in [5.74, 6) is 0.345. The third-order valence-electron chi connectivity index (χ3n) is 4.38. The Morgan fingerprint density at radius 2 is 2.17 bits per heavy atom. The summed E-state index contributed by atoms with van der Waals surface area (Å²) in [6.07, 6.45) is 1.12. The Hall–Kier alpha value is -2.08. The highest BCUT2D eigenvalue weighted by Gasteiger charge is 2.27. The molecule has 1 unspecified atom stereocenters. The highest BCUT2D eigenvalue weighted by atomic mass is 16.5. The Bertz CT molecular complexity index is 603. The molecule has 0 saturated carbocycles. The fraction of sp³-hybridized carbons (Fsp3) is 0.556. The molecule has 0 aliphatic carbocycles. The molecule has 1 heterocycles. The summed E-state index contributed by atoms with van der Waals surface area (Å²) in [5, 5.41) is 9.77. The van der Waals surface area contributed by atoms with Gasteiger partial charge in [0, 0.05) is 20.1 Å². The first-order chi connectivity index (χ1) is 11.4. The number of rotatable bonds is 5. The van der Waals surface area contributed by atoms with Gasteiger partial charge in [0.15, 0.2) is 0 Å². The highest BCUT2D eigenvalue weighted by molar-refractivity contribution is 5.87. The largest absolute Gasteiger partial charge is 0.496 e. The number of nitrogens with zero attached hydrogens (tertiary/aromatic N) is 2. The minimum Gasteiger partial charge on any atom is -0.496 e. The summed E-state index contributed by atoms with van der Waals surface area (Å²) in [4.78, 5) is 27.6. The SMILES string of the molecule is COc1ccc(CN(C)C(=O)CN2CCCCC(O)C2=O)cc1C. The van der Waals surface area contributed by atoms with Gasteiger partial charge in [0.25, 0.3) is 5.91 Å². The van der Waals surface area contributed by atoms with E-state index in [1.165, 1.54) is 4.90 Å². The van der Waals surface area contributed by atoms with Crippen LogP contribution in [0, 0.1) is 6.92 Å². The molecule has 0 bridgehead atoms. The van der Waals surface area contributed by atoms with Crippen LogP contribution in [-0.2, 0) is 16.1 Å². The van der Waals surface area contributed by atoms with Gasteiger partial charge in [-0.1, -0.05) is 12.1 Å². The summed E-state index contributed by atoms with van der Waals surface area (Å²) in [6.45, 7) is 2.97. The third-order valence-corrected chi connectivity index (χ3v) is 4.38. The number of hydrogen-bond acceptors (Lipinski definition) is 4. The van der Waals surface area contributed by atoms with Crippen LogP contribution in [0.4, 0.5) is 0 Å². The quantitative estimate of drug-likeness (QED) is 0.882. The summed E-state index contributed by atoms with van der Waals surface area (Å²) in [5.41, 5.74) is 2.02. The number of ether oxygens (including phenoxy) is 1. The smallest absolute Gasteiger partial charge is 0.251 e. The number of amides is 2. The van der Waals surface area contributed by atoms with Crippen LogP contribution in [0.2, 0.25) is 0 Å². The second kappa shape index (κ2) is 8.15. The van der Waals surface area contributed by atoms with Gasteiger partial charge in [0.1, 0.15) is 11.9 Å². The van der Waals surface area contributed by atoms with Gasteiger partial charge < -0.3 is 19.6 Å². The lowest BCUT2D eigenvalue weighted by molar-refractivity contribution is -0.145. The number of carbonyl (C=O) groups is 2. The zero-order valence-electron chi connectivity index (χ0n) is 14.6. The maximum absolute atomic E-state index is 12.4. The molecular formula is C18H26N2O4. The van der Waals surface area contributed by atoms with E-state index in [-0.39, 0.29) is 18.4 Å². The van der Waals surface area contributed by atoms with Crippen molar-refractivity contribution in [2.75, 3.05) is 27.2 Å². The number of likely N-dealkylation sites (N-methyl/N-ethyl adjacent to an activating group) is 1. The van der Waals surface area contributed by atoms with Crippen LogP contribution in [0.1, 0.15) is 30.4 Å². The van der Waals surface area contributed by atoms with Gasteiger partial charge in [-0.3, -0.25) is 9.59 Å². The van der Waals surface area contributed by atoms with Crippen molar-refractivity contribution in [3.05, 3.63) is 29.3 Å². The molecule has 0 spiro atoms. The molecule has 6 heteroatoms. The molecule has 1 aliphatic rings. The van der Waals surface area contributed by atoms with E-state index in [9.17, 15) is 14.7 Å². The van der Waals surface area contributed by atoms with Gasteiger partial charge in [-0.2, -0.15) is 0 Å². The second-order valence-corrected chi connectivity index (χ2v) is 6.33. The topological polar surface area (TPSA) is 70.1 Å². The third kappa shape index (κ3) is 4.47. The molecule has 1 fully saturated rings. The van der Waals surface area contributed by atoms with Crippen molar-refractivity contribution in [1.29, 1.82) is 0 Å². The molecule has 1 aromatic carbocycles. The lowest BCUT2D eigenvalue weighted by Crippen LogP contribution is -2.44. The maximum Gasteiger partial charge on any atom is 0.251 e. The average Bonchev–Trinajstić information content (AvgIpc) is 2.70. The van der Waals surface area contributed by atoms with Crippen LogP contribution in [0.5, 0.6) is 5.75 Å². The van der Waals surface area contributed by atoms with E-state index in [0.29, 0.717) is 19.5 Å². The van der Waals surface area contributed by atoms with E-state index < -0.39 is 6.10 Å². The van der Waals surface area contributed by atoms with Crippen molar-refractivity contribution in [3.8, 4) is 5.75 Å². The lowest BCUT2D eigenvalue weighted by Gasteiger charge is -2.25. The molecule has 2 rings (SSSR count). The van der Waals surface area contributed by atoms with E-state index in [1.54, 1.807) is 19.1 Å². The Kier molecular flexibility index (Phi) is 6.20. The van der Waals surface area contributed by atoms with Crippen molar-refractivity contribution >= 4 is 11.8 Å². The van der Waals surface area contributed by atoms with Crippen molar-refractivity contribution in [1.82, 2.24) is 9.80 Å². The number of methoxy groups -OCH3 is 1. The standard InChI is InChI=1S/C18H26N2O4/c1-13-10-14(7-8-16(13)24-3)11-19(2)17(22)12-20-9-5-4-6-15(21)18(20)23/h7-8,10,15,21H,4-6,9,11-12H2,1-3H3. The molecule has 0 aromatic heterocycles.